The van der Waals surface area contributed by atoms with E-state index in [9.17, 15) is 0 Å². The Hall–Kier alpha value is -1.16. The Morgan fingerprint density at radius 3 is 2.58 bits per heavy atom. The van der Waals surface area contributed by atoms with Gasteiger partial charge in [-0.05, 0) is 24.3 Å². The van der Waals surface area contributed by atoms with Gasteiger partial charge in [-0.1, -0.05) is 35.3 Å². The van der Waals surface area contributed by atoms with Crippen molar-refractivity contribution in [2.75, 3.05) is 0 Å². The number of hydrogen-bond acceptors (Lipinski definition) is 2. The van der Waals surface area contributed by atoms with Gasteiger partial charge < -0.3 is 4.40 Å². The predicted molar refractivity (Wildman–Crippen MR) is 81.2 cm³/mol. The Balaban J connectivity index is 1.82. The van der Waals surface area contributed by atoms with Gasteiger partial charge in [-0.15, -0.1) is 11.8 Å². The van der Waals surface area contributed by atoms with E-state index in [0.29, 0.717) is 10.0 Å². The number of thioether (sulfide) groups is 1. The van der Waals surface area contributed by atoms with Gasteiger partial charge in [0.2, 0.25) is 0 Å². The number of rotatable bonds is 3. The summed E-state index contributed by atoms with van der Waals surface area (Å²) in [7, 11) is 0. The van der Waals surface area contributed by atoms with Crippen LogP contribution in [0, 0.1) is 0 Å². The van der Waals surface area contributed by atoms with Crippen molar-refractivity contribution in [3.63, 3.8) is 0 Å². The molecule has 5 heteroatoms. The molecular formula is C14H10Cl2N2S. The van der Waals surface area contributed by atoms with Crippen LogP contribution in [0.4, 0.5) is 0 Å². The van der Waals surface area contributed by atoms with Crippen LogP contribution < -0.4 is 0 Å². The van der Waals surface area contributed by atoms with Gasteiger partial charge in [0.1, 0.15) is 5.65 Å². The van der Waals surface area contributed by atoms with Crippen molar-refractivity contribution in [2.24, 2.45) is 0 Å². The molecule has 96 valence electrons. The average molecular weight is 309 g/mol. The second kappa shape index (κ2) is 5.45. The second-order valence-corrected chi connectivity index (χ2v) is 5.84. The summed E-state index contributed by atoms with van der Waals surface area (Å²) in [6.07, 6.45) is 4.01. The van der Waals surface area contributed by atoms with Crippen molar-refractivity contribution in [1.82, 2.24) is 9.38 Å². The van der Waals surface area contributed by atoms with Crippen LogP contribution in [0.25, 0.3) is 5.65 Å². The van der Waals surface area contributed by atoms with E-state index in [-0.39, 0.29) is 0 Å². The number of fused-ring (bicyclic) bond motifs is 1. The Morgan fingerprint density at radius 2 is 1.84 bits per heavy atom. The fourth-order valence-electron chi connectivity index (χ4n) is 1.82. The third kappa shape index (κ3) is 2.73. The van der Waals surface area contributed by atoms with Gasteiger partial charge in [0.05, 0.1) is 15.7 Å². The summed E-state index contributed by atoms with van der Waals surface area (Å²) < 4.78 is 2.00. The van der Waals surface area contributed by atoms with E-state index in [4.69, 9.17) is 23.2 Å². The summed E-state index contributed by atoms with van der Waals surface area (Å²) in [5.41, 5.74) is 1.95. The molecule has 1 aromatic carbocycles. The molecule has 0 bridgehead atoms. The number of nitrogens with zero attached hydrogens (tertiary/aromatic N) is 2. The lowest BCUT2D eigenvalue weighted by molar-refractivity contribution is 1.18. The maximum absolute atomic E-state index is 6.14. The molecule has 0 atom stereocenters. The minimum atomic E-state index is 0.682. The summed E-state index contributed by atoms with van der Waals surface area (Å²) in [4.78, 5) is 5.45. The standard InChI is InChI=1S/C14H10Cl2N2S/c15-11-4-3-5-12(16)14(11)19-9-10-8-18-7-2-1-6-13(18)17-10/h1-8H,9H2. The number of benzene rings is 1. The fraction of sp³-hybridized carbons (Fsp3) is 0.0714. The van der Waals surface area contributed by atoms with Gasteiger partial charge >= 0.3 is 0 Å². The zero-order valence-corrected chi connectivity index (χ0v) is 12.2. The molecular weight excluding hydrogens is 299 g/mol. The van der Waals surface area contributed by atoms with Gasteiger partial charge in [-0.3, -0.25) is 0 Å². The van der Waals surface area contributed by atoms with Crippen molar-refractivity contribution in [2.45, 2.75) is 10.6 Å². The van der Waals surface area contributed by atoms with E-state index in [0.717, 1.165) is 22.0 Å². The molecule has 0 amide bonds. The lowest BCUT2D eigenvalue weighted by atomic mass is 10.4. The Labute approximate surface area is 125 Å². The highest BCUT2D eigenvalue weighted by atomic mass is 35.5. The van der Waals surface area contributed by atoms with E-state index in [1.807, 2.05) is 53.2 Å². The highest BCUT2D eigenvalue weighted by molar-refractivity contribution is 7.98. The van der Waals surface area contributed by atoms with E-state index in [1.165, 1.54) is 0 Å². The molecule has 0 aliphatic rings. The van der Waals surface area contributed by atoms with Crippen LogP contribution in [0.1, 0.15) is 5.69 Å². The molecule has 0 unspecified atom stereocenters. The first-order valence-corrected chi connectivity index (χ1v) is 7.47. The monoisotopic (exact) mass is 308 g/mol. The molecule has 0 saturated carbocycles. The molecule has 0 radical (unpaired) electrons. The van der Waals surface area contributed by atoms with Gasteiger partial charge in [-0.25, -0.2) is 4.98 Å². The van der Waals surface area contributed by atoms with E-state index < -0.39 is 0 Å². The summed E-state index contributed by atoms with van der Waals surface area (Å²) in [6, 6.07) is 11.5. The van der Waals surface area contributed by atoms with Gasteiger partial charge in [-0.2, -0.15) is 0 Å². The maximum atomic E-state index is 6.14. The van der Waals surface area contributed by atoms with Crippen LogP contribution in [0.15, 0.2) is 53.7 Å². The number of imidazole rings is 1. The predicted octanol–water partition coefficient (Wildman–Crippen LogP) is 4.93. The Kier molecular flexibility index (Phi) is 3.69. The maximum Gasteiger partial charge on any atom is 0.137 e. The van der Waals surface area contributed by atoms with Gasteiger partial charge in [0, 0.05) is 23.0 Å². The van der Waals surface area contributed by atoms with Crippen molar-refractivity contribution in [1.29, 1.82) is 0 Å². The molecule has 3 aromatic rings. The molecule has 0 saturated heterocycles. The number of hydrogen-bond donors (Lipinski definition) is 0. The normalized spacial score (nSPS) is 11.1. The van der Waals surface area contributed by atoms with E-state index in [1.54, 1.807) is 11.8 Å². The second-order valence-electron chi connectivity index (χ2n) is 4.04. The largest absolute Gasteiger partial charge is 0.307 e. The van der Waals surface area contributed by atoms with Crippen LogP contribution in [0.5, 0.6) is 0 Å². The number of halogens is 2. The van der Waals surface area contributed by atoms with E-state index in [2.05, 4.69) is 4.98 Å². The Morgan fingerprint density at radius 1 is 1.05 bits per heavy atom. The molecule has 2 heterocycles. The third-order valence-corrected chi connectivity index (χ3v) is 4.72. The average Bonchev–Trinajstić information content (AvgIpc) is 2.81. The SMILES string of the molecule is Clc1cccc(Cl)c1SCc1cn2ccccc2n1. The quantitative estimate of drug-likeness (QED) is 0.638. The first-order valence-electron chi connectivity index (χ1n) is 5.73. The van der Waals surface area contributed by atoms with Crippen LogP contribution in [0.3, 0.4) is 0 Å². The zero-order valence-electron chi connectivity index (χ0n) is 9.88. The molecule has 0 spiro atoms. The van der Waals surface area contributed by atoms with Crippen LogP contribution in [-0.2, 0) is 5.75 Å². The van der Waals surface area contributed by atoms with Gasteiger partial charge in [0.15, 0.2) is 0 Å². The van der Waals surface area contributed by atoms with Crippen molar-refractivity contribution in [3.8, 4) is 0 Å². The van der Waals surface area contributed by atoms with Crippen LogP contribution >= 0.6 is 35.0 Å². The van der Waals surface area contributed by atoms with Crippen LogP contribution in [0.2, 0.25) is 10.0 Å². The molecule has 0 N–H and O–H groups in total. The van der Waals surface area contributed by atoms with Crippen molar-refractivity contribution in [3.05, 3.63) is 64.5 Å². The van der Waals surface area contributed by atoms with Gasteiger partial charge in [0.25, 0.3) is 0 Å². The van der Waals surface area contributed by atoms with Crippen molar-refractivity contribution >= 4 is 40.6 Å². The highest BCUT2D eigenvalue weighted by Gasteiger charge is 2.08. The molecule has 2 aromatic heterocycles. The van der Waals surface area contributed by atoms with Crippen molar-refractivity contribution < 1.29 is 0 Å². The fourth-order valence-corrected chi connectivity index (χ4v) is 3.39. The zero-order chi connectivity index (χ0) is 13.2. The molecule has 0 aliphatic carbocycles. The first kappa shape index (κ1) is 12.9. The molecule has 0 aliphatic heterocycles. The van der Waals surface area contributed by atoms with E-state index >= 15 is 0 Å². The molecule has 19 heavy (non-hydrogen) atoms. The lowest BCUT2D eigenvalue weighted by Gasteiger charge is -2.04. The molecule has 0 fully saturated rings. The Bertz CT molecular complexity index is 671. The molecule has 3 rings (SSSR count). The summed E-state index contributed by atoms with van der Waals surface area (Å²) in [5, 5.41) is 1.36. The molecule has 2 nitrogen and oxygen atoms in total. The lowest BCUT2D eigenvalue weighted by Crippen LogP contribution is -1.82. The summed E-state index contributed by atoms with van der Waals surface area (Å²) in [5.74, 6) is 0.741. The topological polar surface area (TPSA) is 17.3 Å². The van der Waals surface area contributed by atoms with Crippen LogP contribution in [-0.4, -0.2) is 9.38 Å². The minimum Gasteiger partial charge on any atom is -0.307 e. The number of aromatic nitrogens is 2. The highest BCUT2D eigenvalue weighted by Crippen LogP contribution is 2.35. The summed E-state index contributed by atoms with van der Waals surface area (Å²) >= 11 is 13.9. The third-order valence-electron chi connectivity index (χ3n) is 2.70. The smallest absolute Gasteiger partial charge is 0.137 e. The minimum absolute atomic E-state index is 0.682. The first-order chi connectivity index (χ1) is 9.24. The summed E-state index contributed by atoms with van der Waals surface area (Å²) in [6.45, 7) is 0. The number of pyridine rings is 1.